The lowest BCUT2D eigenvalue weighted by Crippen LogP contribution is -2.15. The number of thioether (sulfide) groups is 1. The summed E-state index contributed by atoms with van der Waals surface area (Å²) >= 11 is 1.58. The zero-order valence-corrected chi connectivity index (χ0v) is 14.7. The second-order valence-electron chi connectivity index (χ2n) is 5.71. The Morgan fingerprint density at radius 2 is 1.92 bits per heavy atom. The van der Waals surface area contributed by atoms with Crippen molar-refractivity contribution < 1.29 is 9.21 Å². The monoisotopic (exact) mass is 341 g/mol. The number of amides is 1. The summed E-state index contributed by atoms with van der Waals surface area (Å²) in [6.07, 6.45) is 1.40. The molecule has 3 rings (SSSR count). The van der Waals surface area contributed by atoms with E-state index in [1.807, 2.05) is 13.8 Å². The predicted molar refractivity (Wildman–Crippen MR) is 97.2 cm³/mol. The third kappa shape index (κ3) is 3.59. The highest BCUT2D eigenvalue weighted by molar-refractivity contribution is 7.99. The van der Waals surface area contributed by atoms with E-state index in [2.05, 4.69) is 46.5 Å². The number of aryl methyl sites for hydroxylation is 3. The smallest absolute Gasteiger partial charge is 0.235 e. The Morgan fingerprint density at radius 1 is 1.17 bits per heavy atom. The van der Waals surface area contributed by atoms with Gasteiger partial charge in [-0.2, -0.15) is 0 Å². The SMILES string of the molecule is Cc1ccc(CSCC(=O)Nc2ncnc3oc(C)c(C)c23)cc1. The van der Waals surface area contributed by atoms with E-state index in [4.69, 9.17) is 4.42 Å². The van der Waals surface area contributed by atoms with E-state index in [0.717, 1.165) is 22.5 Å². The first-order chi connectivity index (χ1) is 11.5. The van der Waals surface area contributed by atoms with E-state index in [1.54, 1.807) is 11.8 Å². The first kappa shape index (κ1) is 16.5. The average Bonchev–Trinajstić information content (AvgIpc) is 2.85. The fraction of sp³-hybridized carbons (Fsp3) is 0.278. The number of nitrogens with one attached hydrogen (secondary N) is 1. The van der Waals surface area contributed by atoms with Crippen LogP contribution in [0.15, 0.2) is 35.0 Å². The zero-order valence-electron chi connectivity index (χ0n) is 13.9. The Bertz CT molecular complexity index is 872. The molecule has 0 aliphatic heterocycles. The molecular weight excluding hydrogens is 322 g/mol. The molecule has 0 spiro atoms. The Labute approximate surface area is 144 Å². The maximum atomic E-state index is 12.2. The second-order valence-corrected chi connectivity index (χ2v) is 6.70. The van der Waals surface area contributed by atoms with Crippen LogP contribution in [0.1, 0.15) is 22.5 Å². The van der Waals surface area contributed by atoms with Crippen molar-refractivity contribution in [3.63, 3.8) is 0 Å². The van der Waals surface area contributed by atoms with Crippen LogP contribution in [-0.2, 0) is 10.5 Å². The van der Waals surface area contributed by atoms with E-state index >= 15 is 0 Å². The molecule has 1 aromatic carbocycles. The standard InChI is InChI=1S/C18H19N3O2S/c1-11-4-6-14(7-5-11)8-24-9-15(22)21-17-16-12(2)13(3)23-18(16)20-10-19-17/h4-7,10H,8-9H2,1-3H3,(H,19,20,21,22). The predicted octanol–water partition coefficient (Wildman–Crippen LogP) is 4.02. The third-order valence-electron chi connectivity index (χ3n) is 3.85. The molecule has 0 fully saturated rings. The highest BCUT2D eigenvalue weighted by Crippen LogP contribution is 2.28. The Kier molecular flexibility index (Phi) is 4.85. The lowest BCUT2D eigenvalue weighted by molar-refractivity contribution is -0.113. The number of benzene rings is 1. The van der Waals surface area contributed by atoms with Crippen LogP contribution >= 0.6 is 11.8 Å². The lowest BCUT2D eigenvalue weighted by atomic mass is 10.2. The zero-order chi connectivity index (χ0) is 17.1. The van der Waals surface area contributed by atoms with Crippen molar-refractivity contribution in [1.29, 1.82) is 0 Å². The van der Waals surface area contributed by atoms with Crippen LogP contribution in [0.2, 0.25) is 0 Å². The summed E-state index contributed by atoms with van der Waals surface area (Å²) in [4.78, 5) is 20.5. The summed E-state index contributed by atoms with van der Waals surface area (Å²) in [5.41, 5.74) is 3.90. The number of hydrogen-bond donors (Lipinski definition) is 1. The van der Waals surface area contributed by atoms with E-state index in [-0.39, 0.29) is 5.91 Å². The molecule has 0 aliphatic rings. The van der Waals surface area contributed by atoms with Gasteiger partial charge < -0.3 is 9.73 Å². The summed E-state index contributed by atoms with van der Waals surface area (Å²) in [5, 5.41) is 3.63. The molecular formula is C18H19N3O2S. The molecule has 124 valence electrons. The topological polar surface area (TPSA) is 68.0 Å². The second kappa shape index (κ2) is 7.05. The lowest BCUT2D eigenvalue weighted by Gasteiger charge is -2.06. The van der Waals surface area contributed by atoms with E-state index in [0.29, 0.717) is 17.3 Å². The van der Waals surface area contributed by atoms with Gasteiger partial charge in [0.2, 0.25) is 11.6 Å². The normalized spacial score (nSPS) is 11.0. The number of carbonyl (C=O) groups is 1. The minimum atomic E-state index is -0.0784. The van der Waals surface area contributed by atoms with Gasteiger partial charge in [0, 0.05) is 11.3 Å². The third-order valence-corrected chi connectivity index (χ3v) is 4.85. The Morgan fingerprint density at radius 3 is 2.67 bits per heavy atom. The van der Waals surface area contributed by atoms with E-state index < -0.39 is 0 Å². The number of fused-ring (bicyclic) bond motifs is 1. The van der Waals surface area contributed by atoms with Crippen LogP contribution < -0.4 is 5.32 Å². The number of nitrogens with zero attached hydrogens (tertiary/aromatic N) is 2. The van der Waals surface area contributed by atoms with Crippen LogP contribution in [-0.4, -0.2) is 21.6 Å². The number of aromatic nitrogens is 2. The van der Waals surface area contributed by atoms with Gasteiger partial charge in [-0.15, -0.1) is 11.8 Å². The van der Waals surface area contributed by atoms with E-state index in [9.17, 15) is 4.79 Å². The molecule has 0 saturated carbocycles. The molecule has 0 radical (unpaired) electrons. The molecule has 1 amide bonds. The molecule has 0 atom stereocenters. The number of rotatable bonds is 5. The number of carbonyl (C=O) groups excluding carboxylic acids is 1. The van der Waals surface area contributed by atoms with Gasteiger partial charge in [-0.25, -0.2) is 9.97 Å². The van der Waals surface area contributed by atoms with Crippen molar-refractivity contribution in [2.45, 2.75) is 26.5 Å². The van der Waals surface area contributed by atoms with Gasteiger partial charge >= 0.3 is 0 Å². The molecule has 5 nitrogen and oxygen atoms in total. The van der Waals surface area contributed by atoms with Crippen molar-refractivity contribution >= 4 is 34.6 Å². The highest BCUT2D eigenvalue weighted by atomic mass is 32.2. The van der Waals surface area contributed by atoms with Gasteiger partial charge in [0.15, 0.2) is 0 Å². The fourth-order valence-electron chi connectivity index (χ4n) is 2.39. The first-order valence-corrected chi connectivity index (χ1v) is 8.84. The number of furan rings is 1. The van der Waals surface area contributed by atoms with Crippen LogP contribution in [0.25, 0.3) is 11.1 Å². The Hall–Kier alpha value is -2.34. The summed E-state index contributed by atoms with van der Waals surface area (Å²) in [5.74, 6) is 2.39. The molecule has 0 unspecified atom stereocenters. The number of anilines is 1. The Balaban J connectivity index is 1.62. The minimum absolute atomic E-state index is 0.0784. The summed E-state index contributed by atoms with van der Waals surface area (Å²) < 4.78 is 5.56. The van der Waals surface area contributed by atoms with Crippen molar-refractivity contribution in [2.75, 3.05) is 11.1 Å². The fourth-order valence-corrected chi connectivity index (χ4v) is 3.18. The average molecular weight is 341 g/mol. The molecule has 1 N–H and O–H groups in total. The van der Waals surface area contributed by atoms with Gasteiger partial charge in [-0.3, -0.25) is 4.79 Å². The molecule has 6 heteroatoms. The van der Waals surface area contributed by atoms with Gasteiger partial charge in [0.1, 0.15) is 17.9 Å². The quantitative estimate of drug-likeness (QED) is 0.759. The highest BCUT2D eigenvalue weighted by Gasteiger charge is 2.15. The first-order valence-electron chi connectivity index (χ1n) is 7.68. The van der Waals surface area contributed by atoms with Crippen molar-refractivity contribution in [3.8, 4) is 0 Å². The van der Waals surface area contributed by atoms with Crippen LogP contribution in [0.3, 0.4) is 0 Å². The summed E-state index contributed by atoms with van der Waals surface area (Å²) in [6.45, 7) is 5.87. The minimum Gasteiger partial charge on any atom is -0.443 e. The molecule has 0 saturated heterocycles. The summed E-state index contributed by atoms with van der Waals surface area (Å²) in [7, 11) is 0. The maximum Gasteiger partial charge on any atom is 0.235 e. The molecule has 0 bridgehead atoms. The van der Waals surface area contributed by atoms with Crippen molar-refractivity contribution in [3.05, 3.63) is 53.0 Å². The van der Waals surface area contributed by atoms with Crippen LogP contribution in [0, 0.1) is 20.8 Å². The van der Waals surface area contributed by atoms with Crippen LogP contribution in [0.4, 0.5) is 5.82 Å². The molecule has 0 aliphatic carbocycles. The summed E-state index contributed by atoms with van der Waals surface area (Å²) in [6, 6.07) is 8.34. The van der Waals surface area contributed by atoms with Gasteiger partial charge in [-0.05, 0) is 26.3 Å². The molecule has 2 aromatic heterocycles. The van der Waals surface area contributed by atoms with Crippen molar-refractivity contribution in [1.82, 2.24) is 9.97 Å². The van der Waals surface area contributed by atoms with Gasteiger partial charge in [0.05, 0.1) is 11.1 Å². The van der Waals surface area contributed by atoms with E-state index in [1.165, 1.54) is 17.5 Å². The van der Waals surface area contributed by atoms with Gasteiger partial charge in [-0.1, -0.05) is 29.8 Å². The van der Waals surface area contributed by atoms with Crippen molar-refractivity contribution in [2.24, 2.45) is 0 Å². The number of hydrogen-bond acceptors (Lipinski definition) is 5. The molecule has 2 heterocycles. The molecule has 3 aromatic rings. The largest absolute Gasteiger partial charge is 0.443 e. The molecule has 24 heavy (non-hydrogen) atoms. The maximum absolute atomic E-state index is 12.2. The van der Waals surface area contributed by atoms with Crippen LogP contribution in [0.5, 0.6) is 0 Å². The van der Waals surface area contributed by atoms with Gasteiger partial charge in [0.25, 0.3) is 0 Å².